The lowest BCUT2D eigenvalue weighted by molar-refractivity contribution is -0.0355. The molecule has 17 heavy (non-hydrogen) atoms. The van der Waals surface area contributed by atoms with Crippen molar-refractivity contribution >= 4 is 5.97 Å². The van der Waals surface area contributed by atoms with E-state index in [1.807, 2.05) is 0 Å². The maximum atomic E-state index is 11.7. The van der Waals surface area contributed by atoms with E-state index in [4.69, 9.17) is 9.84 Å². The third-order valence-electron chi connectivity index (χ3n) is 2.28. The molecule has 0 unspecified atom stereocenters. The van der Waals surface area contributed by atoms with Gasteiger partial charge in [-0.05, 0) is 12.1 Å². The fourth-order valence-corrected chi connectivity index (χ4v) is 1.35. The molecule has 0 aromatic heterocycles. The predicted molar refractivity (Wildman–Crippen MR) is 63.6 cm³/mol. The molecule has 0 aliphatic carbocycles. The van der Waals surface area contributed by atoms with Gasteiger partial charge in [0.2, 0.25) is 0 Å². The predicted octanol–water partition coefficient (Wildman–Crippen LogP) is 1.14. The van der Waals surface area contributed by atoms with Crippen LogP contribution in [0.25, 0.3) is 0 Å². The molecule has 0 heterocycles. The van der Waals surface area contributed by atoms with Crippen LogP contribution in [-0.2, 0) is 4.74 Å². The average Bonchev–Trinajstić information content (AvgIpc) is 2.38. The molecule has 0 aliphatic heterocycles. The van der Waals surface area contributed by atoms with Crippen molar-refractivity contribution in [2.24, 2.45) is 0 Å². The molecule has 2 atom stereocenters. The summed E-state index contributed by atoms with van der Waals surface area (Å²) in [5.74, 6) is -0.523. The lowest BCUT2D eigenvalue weighted by atomic mass is 10.1. The summed E-state index contributed by atoms with van der Waals surface area (Å²) in [5.41, 5.74) is 0.409. The molecule has 0 aliphatic rings. The molecule has 0 spiro atoms. The van der Waals surface area contributed by atoms with Gasteiger partial charge in [-0.3, -0.25) is 0 Å². The first-order valence-corrected chi connectivity index (χ1v) is 5.35. The first-order chi connectivity index (χ1) is 8.19. The Kier molecular flexibility index (Phi) is 5.39. The van der Waals surface area contributed by atoms with Crippen LogP contribution >= 0.6 is 0 Å². The Morgan fingerprint density at radius 1 is 1.41 bits per heavy atom. The Morgan fingerprint density at radius 3 is 2.59 bits per heavy atom. The number of benzene rings is 1. The third-order valence-corrected chi connectivity index (χ3v) is 2.28. The smallest absolute Gasteiger partial charge is 0.338 e. The van der Waals surface area contributed by atoms with Crippen LogP contribution in [0.3, 0.4) is 0 Å². The van der Waals surface area contributed by atoms with Gasteiger partial charge in [-0.1, -0.05) is 24.3 Å². The number of esters is 1. The van der Waals surface area contributed by atoms with E-state index in [0.717, 1.165) is 0 Å². The summed E-state index contributed by atoms with van der Waals surface area (Å²) in [5, 5.41) is 18.3. The lowest BCUT2D eigenvalue weighted by Gasteiger charge is -2.20. The quantitative estimate of drug-likeness (QED) is 0.574. The molecule has 4 heteroatoms. The van der Waals surface area contributed by atoms with Crippen molar-refractivity contribution in [1.29, 1.82) is 0 Å². The van der Waals surface area contributed by atoms with Gasteiger partial charge in [0.05, 0.1) is 12.2 Å². The summed E-state index contributed by atoms with van der Waals surface area (Å²) >= 11 is 0. The van der Waals surface area contributed by atoms with Crippen LogP contribution in [0.2, 0.25) is 0 Å². The van der Waals surface area contributed by atoms with E-state index in [0.29, 0.717) is 12.0 Å². The van der Waals surface area contributed by atoms with E-state index in [2.05, 4.69) is 6.58 Å². The Morgan fingerprint density at radius 2 is 2.06 bits per heavy atom. The van der Waals surface area contributed by atoms with Crippen molar-refractivity contribution in [2.75, 3.05) is 6.61 Å². The molecule has 1 rings (SSSR count). The number of carbonyl (C=O) groups is 1. The average molecular weight is 236 g/mol. The Bertz CT molecular complexity index is 361. The SMILES string of the molecule is C=CC[C@H](OC(=O)c1ccccc1)[C@@H](O)CO. The van der Waals surface area contributed by atoms with Gasteiger partial charge < -0.3 is 14.9 Å². The molecule has 4 nitrogen and oxygen atoms in total. The van der Waals surface area contributed by atoms with Crippen LogP contribution in [0.15, 0.2) is 43.0 Å². The zero-order valence-electron chi connectivity index (χ0n) is 9.45. The van der Waals surface area contributed by atoms with Crippen molar-refractivity contribution in [3.8, 4) is 0 Å². The summed E-state index contributed by atoms with van der Waals surface area (Å²) < 4.78 is 5.11. The number of ether oxygens (including phenoxy) is 1. The van der Waals surface area contributed by atoms with Crippen molar-refractivity contribution in [2.45, 2.75) is 18.6 Å². The second-order valence-corrected chi connectivity index (χ2v) is 3.58. The van der Waals surface area contributed by atoms with E-state index in [1.165, 1.54) is 6.08 Å². The van der Waals surface area contributed by atoms with E-state index < -0.39 is 24.8 Å². The van der Waals surface area contributed by atoms with Crippen LogP contribution in [0.1, 0.15) is 16.8 Å². The molecule has 1 aromatic carbocycles. The molecular weight excluding hydrogens is 220 g/mol. The molecule has 0 saturated carbocycles. The molecule has 0 saturated heterocycles. The number of carbonyl (C=O) groups excluding carboxylic acids is 1. The molecule has 92 valence electrons. The Labute approximate surface area is 100 Å². The largest absolute Gasteiger partial charge is 0.456 e. The highest BCUT2D eigenvalue weighted by atomic mass is 16.6. The zero-order valence-corrected chi connectivity index (χ0v) is 9.45. The van der Waals surface area contributed by atoms with E-state index >= 15 is 0 Å². The van der Waals surface area contributed by atoms with E-state index in [9.17, 15) is 9.90 Å². The molecular formula is C13H16O4. The maximum absolute atomic E-state index is 11.7. The summed E-state index contributed by atoms with van der Waals surface area (Å²) in [6, 6.07) is 8.49. The van der Waals surface area contributed by atoms with Crippen LogP contribution in [0.4, 0.5) is 0 Å². The monoisotopic (exact) mass is 236 g/mol. The van der Waals surface area contributed by atoms with E-state index in [-0.39, 0.29) is 0 Å². The van der Waals surface area contributed by atoms with Gasteiger partial charge in [0.1, 0.15) is 12.2 Å². The van der Waals surface area contributed by atoms with Crippen LogP contribution in [-0.4, -0.2) is 35.0 Å². The number of aliphatic hydroxyl groups is 2. The van der Waals surface area contributed by atoms with Gasteiger partial charge in [0, 0.05) is 6.42 Å². The minimum absolute atomic E-state index is 0.292. The van der Waals surface area contributed by atoms with Gasteiger partial charge >= 0.3 is 5.97 Å². The minimum atomic E-state index is -1.10. The Balaban J connectivity index is 2.67. The highest BCUT2D eigenvalue weighted by Crippen LogP contribution is 2.10. The minimum Gasteiger partial charge on any atom is -0.456 e. The lowest BCUT2D eigenvalue weighted by Crippen LogP contribution is -2.33. The van der Waals surface area contributed by atoms with Gasteiger partial charge in [-0.15, -0.1) is 6.58 Å². The van der Waals surface area contributed by atoms with Gasteiger partial charge in [-0.25, -0.2) is 4.79 Å². The molecule has 2 N–H and O–H groups in total. The molecule has 1 aromatic rings. The summed E-state index contributed by atoms with van der Waals surface area (Å²) in [6.07, 6.45) is -0.0480. The zero-order chi connectivity index (χ0) is 12.7. The van der Waals surface area contributed by atoms with Crippen molar-refractivity contribution < 1.29 is 19.7 Å². The second-order valence-electron chi connectivity index (χ2n) is 3.58. The highest BCUT2D eigenvalue weighted by Gasteiger charge is 2.22. The second kappa shape index (κ2) is 6.83. The third kappa shape index (κ3) is 4.01. The summed E-state index contributed by atoms with van der Waals surface area (Å²) in [6.45, 7) is 3.06. The normalized spacial score (nSPS) is 13.8. The molecule has 0 radical (unpaired) electrons. The van der Waals surface area contributed by atoms with Crippen molar-refractivity contribution in [3.05, 3.63) is 48.6 Å². The fourth-order valence-electron chi connectivity index (χ4n) is 1.35. The first kappa shape index (κ1) is 13.4. The van der Waals surface area contributed by atoms with Crippen LogP contribution in [0, 0.1) is 0 Å². The highest BCUT2D eigenvalue weighted by molar-refractivity contribution is 5.89. The topological polar surface area (TPSA) is 66.8 Å². The van der Waals surface area contributed by atoms with E-state index in [1.54, 1.807) is 30.3 Å². The van der Waals surface area contributed by atoms with Crippen molar-refractivity contribution in [3.63, 3.8) is 0 Å². The van der Waals surface area contributed by atoms with Gasteiger partial charge in [0.15, 0.2) is 0 Å². The molecule has 0 bridgehead atoms. The van der Waals surface area contributed by atoms with Crippen LogP contribution in [0.5, 0.6) is 0 Å². The molecule has 0 fully saturated rings. The summed E-state index contributed by atoms with van der Waals surface area (Å²) in [7, 11) is 0. The standard InChI is InChI=1S/C13H16O4/c1-2-6-12(11(15)9-14)17-13(16)10-7-4-3-5-8-10/h2-5,7-8,11-12,14-15H,1,6,9H2/t11-,12-/m0/s1. The number of aliphatic hydroxyl groups excluding tert-OH is 2. The maximum Gasteiger partial charge on any atom is 0.338 e. The fraction of sp³-hybridized carbons (Fsp3) is 0.308. The number of hydrogen-bond donors (Lipinski definition) is 2. The van der Waals surface area contributed by atoms with Crippen LogP contribution < -0.4 is 0 Å². The number of rotatable bonds is 6. The summed E-state index contributed by atoms with van der Waals surface area (Å²) in [4.78, 5) is 11.7. The number of hydrogen-bond acceptors (Lipinski definition) is 4. The van der Waals surface area contributed by atoms with Gasteiger partial charge in [0.25, 0.3) is 0 Å². The van der Waals surface area contributed by atoms with Gasteiger partial charge in [-0.2, -0.15) is 0 Å². The Hall–Kier alpha value is -1.65. The van der Waals surface area contributed by atoms with Crippen molar-refractivity contribution in [1.82, 2.24) is 0 Å². The molecule has 0 amide bonds. The first-order valence-electron chi connectivity index (χ1n) is 5.35.